The molecule has 0 unspecified atom stereocenters. The van der Waals surface area contributed by atoms with Crippen molar-refractivity contribution < 1.29 is 14.4 Å². The van der Waals surface area contributed by atoms with Gasteiger partial charge in [-0.1, -0.05) is 20.8 Å². The van der Waals surface area contributed by atoms with Gasteiger partial charge in [0.15, 0.2) is 11.3 Å². The fourth-order valence-corrected chi connectivity index (χ4v) is 1.42. The zero-order chi connectivity index (χ0) is 12.8. The third kappa shape index (κ3) is 1.93. The Labute approximate surface area is 97.0 Å². The first kappa shape index (κ1) is 11.4. The second kappa shape index (κ2) is 3.44. The lowest BCUT2D eigenvalue weighted by molar-refractivity contribution is -0.385. The van der Waals surface area contributed by atoms with Crippen LogP contribution in [-0.4, -0.2) is 15.0 Å². The van der Waals surface area contributed by atoms with Crippen LogP contribution in [-0.2, 0) is 5.41 Å². The lowest BCUT2D eigenvalue weighted by Crippen LogP contribution is -2.10. The zero-order valence-electron chi connectivity index (χ0n) is 9.72. The van der Waals surface area contributed by atoms with E-state index in [0.29, 0.717) is 17.0 Å². The molecule has 1 N–H and O–H groups in total. The molecular formula is C11H12N2O4. The van der Waals surface area contributed by atoms with Crippen LogP contribution in [0.15, 0.2) is 16.5 Å². The minimum atomic E-state index is -0.653. The van der Waals surface area contributed by atoms with Gasteiger partial charge in [-0.15, -0.1) is 0 Å². The first-order chi connectivity index (χ1) is 7.79. The van der Waals surface area contributed by atoms with E-state index >= 15 is 0 Å². The van der Waals surface area contributed by atoms with Crippen LogP contribution >= 0.6 is 0 Å². The highest BCUT2D eigenvalue weighted by atomic mass is 16.6. The van der Waals surface area contributed by atoms with E-state index in [1.807, 2.05) is 20.8 Å². The topological polar surface area (TPSA) is 89.4 Å². The number of nitro groups is 1. The normalized spacial score (nSPS) is 11.9. The summed E-state index contributed by atoms with van der Waals surface area (Å²) in [5, 5.41) is 20.1. The molecule has 0 saturated heterocycles. The number of oxazole rings is 1. The van der Waals surface area contributed by atoms with E-state index in [9.17, 15) is 15.2 Å². The van der Waals surface area contributed by atoms with Crippen LogP contribution in [0, 0.1) is 10.1 Å². The molecule has 2 aromatic rings. The smallest absolute Gasteiger partial charge is 0.313 e. The van der Waals surface area contributed by atoms with Crippen molar-refractivity contribution in [2.45, 2.75) is 26.2 Å². The summed E-state index contributed by atoms with van der Waals surface area (Å²) in [6.45, 7) is 5.77. The molecule has 0 saturated carbocycles. The number of phenolic OH excluding ortho intramolecular Hbond substituents is 1. The van der Waals surface area contributed by atoms with E-state index in [-0.39, 0.29) is 11.1 Å². The Bertz CT molecular complexity index is 595. The number of aromatic nitrogens is 1. The molecule has 0 amide bonds. The van der Waals surface area contributed by atoms with E-state index in [2.05, 4.69) is 4.98 Å². The number of hydrogen-bond donors (Lipinski definition) is 1. The van der Waals surface area contributed by atoms with E-state index in [1.54, 1.807) is 0 Å². The molecule has 17 heavy (non-hydrogen) atoms. The molecule has 0 radical (unpaired) electrons. The summed E-state index contributed by atoms with van der Waals surface area (Å²) in [5.41, 5.74) is 0.0624. The Morgan fingerprint density at radius 2 is 2.06 bits per heavy atom. The van der Waals surface area contributed by atoms with Crippen molar-refractivity contribution in [3.05, 3.63) is 28.1 Å². The Kier molecular flexibility index (Phi) is 2.30. The van der Waals surface area contributed by atoms with Crippen molar-refractivity contribution in [3.8, 4) is 5.75 Å². The summed E-state index contributed by atoms with van der Waals surface area (Å²) in [6.07, 6.45) is 0. The summed E-state index contributed by atoms with van der Waals surface area (Å²) in [5.74, 6) is 0.0616. The Hall–Kier alpha value is -2.11. The quantitative estimate of drug-likeness (QED) is 0.607. The molecule has 6 nitrogen and oxygen atoms in total. The lowest BCUT2D eigenvalue weighted by atomic mass is 9.97. The molecule has 0 bridgehead atoms. The highest BCUT2D eigenvalue weighted by molar-refractivity contribution is 5.79. The fourth-order valence-electron chi connectivity index (χ4n) is 1.42. The number of fused-ring (bicyclic) bond motifs is 1. The maximum atomic E-state index is 10.7. The van der Waals surface area contributed by atoms with Crippen LogP contribution in [0.2, 0.25) is 0 Å². The molecule has 0 spiro atoms. The molecule has 0 fully saturated rings. The van der Waals surface area contributed by atoms with Crippen LogP contribution in [0.25, 0.3) is 11.1 Å². The van der Waals surface area contributed by atoms with Crippen LogP contribution in [0.4, 0.5) is 5.69 Å². The zero-order valence-corrected chi connectivity index (χ0v) is 9.72. The summed E-state index contributed by atoms with van der Waals surface area (Å²) in [6, 6.07) is 2.43. The molecule has 90 valence electrons. The van der Waals surface area contributed by atoms with Gasteiger partial charge < -0.3 is 9.52 Å². The van der Waals surface area contributed by atoms with Crippen LogP contribution in [0.3, 0.4) is 0 Å². The Balaban J connectivity index is 2.67. The molecular weight excluding hydrogens is 224 g/mol. The van der Waals surface area contributed by atoms with E-state index in [0.717, 1.165) is 0 Å². The lowest BCUT2D eigenvalue weighted by Gasteiger charge is -2.11. The SMILES string of the molecule is CC(C)(C)c1nc2cc([N+](=O)[O-])c(O)cc2o1. The molecule has 0 aliphatic carbocycles. The molecule has 1 heterocycles. The Morgan fingerprint density at radius 1 is 1.41 bits per heavy atom. The predicted octanol–water partition coefficient (Wildman–Crippen LogP) is 2.74. The van der Waals surface area contributed by atoms with Crippen molar-refractivity contribution in [2.75, 3.05) is 0 Å². The largest absolute Gasteiger partial charge is 0.502 e. The summed E-state index contributed by atoms with van der Waals surface area (Å²) < 4.78 is 5.45. The molecule has 1 aromatic heterocycles. The van der Waals surface area contributed by atoms with Gasteiger partial charge in [0.05, 0.1) is 4.92 Å². The highest BCUT2D eigenvalue weighted by Crippen LogP contribution is 2.33. The van der Waals surface area contributed by atoms with Crippen molar-refractivity contribution in [1.29, 1.82) is 0 Å². The average Bonchev–Trinajstić information content (AvgIpc) is 2.58. The first-order valence-electron chi connectivity index (χ1n) is 5.07. The molecule has 1 aromatic carbocycles. The minimum absolute atomic E-state index is 0.288. The number of hydrogen-bond acceptors (Lipinski definition) is 5. The van der Waals surface area contributed by atoms with Crippen LogP contribution in [0.1, 0.15) is 26.7 Å². The monoisotopic (exact) mass is 236 g/mol. The standard InChI is InChI=1S/C11H12N2O4/c1-11(2,3)10-12-6-4-7(13(15)16)8(14)5-9(6)17-10/h4-5,14H,1-3H3. The second-order valence-corrected chi connectivity index (χ2v) is 4.83. The van der Waals surface area contributed by atoms with E-state index < -0.39 is 10.7 Å². The van der Waals surface area contributed by atoms with Gasteiger partial charge in [-0.3, -0.25) is 10.1 Å². The Morgan fingerprint density at radius 3 is 2.59 bits per heavy atom. The van der Waals surface area contributed by atoms with Crippen molar-refractivity contribution in [3.63, 3.8) is 0 Å². The van der Waals surface area contributed by atoms with Crippen molar-refractivity contribution >= 4 is 16.8 Å². The molecule has 6 heteroatoms. The van der Waals surface area contributed by atoms with Gasteiger partial charge in [0, 0.05) is 17.5 Å². The molecule has 0 aliphatic heterocycles. The van der Waals surface area contributed by atoms with Gasteiger partial charge in [-0.25, -0.2) is 4.98 Å². The number of rotatable bonds is 1. The second-order valence-electron chi connectivity index (χ2n) is 4.83. The maximum Gasteiger partial charge on any atom is 0.313 e. The average molecular weight is 236 g/mol. The fraction of sp³-hybridized carbons (Fsp3) is 0.364. The highest BCUT2D eigenvalue weighted by Gasteiger charge is 2.23. The summed E-state index contributed by atoms with van der Waals surface area (Å²) in [7, 11) is 0. The first-order valence-corrected chi connectivity index (χ1v) is 5.07. The van der Waals surface area contributed by atoms with Crippen LogP contribution < -0.4 is 0 Å². The number of benzene rings is 1. The summed E-state index contributed by atoms with van der Waals surface area (Å²) >= 11 is 0. The van der Waals surface area contributed by atoms with Crippen molar-refractivity contribution in [2.24, 2.45) is 0 Å². The number of nitrogens with zero attached hydrogens (tertiary/aromatic N) is 2. The van der Waals surface area contributed by atoms with Gasteiger partial charge in [-0.2, -0.15) is 0 Å². The number of aromatic hydroxyl groups is 1. The van der Waals surface area contributed by atoms with Crippen molar-refractivity contribution in [1.82, 2.24) is 4.98 Å². The minimum Gasteiger partial charge on any atom is -0.502 e. The number of phenols is 1. The van der Waals surface area contributed by atoms with Gasteiger partial charge in [0.2, 0.25) is 5.89 Å². The molecule has 0 aliphatic rings. The summed E-state index contributed by atoms with van der Waals surface area (Å²) in [4.78, 5) is 14.2. The maximum absolute atomic E-state index is 10.7. The van der Waals surface area contributed by atoms with Gasteiger partial charge in [0.1, 0.15) is 5.52 Å². The van der Waals surface area contributed by atoms with Gasteiger partial charge in [0.25, 0.3) is 0 Å². The third-order valence-electron chi connectivity index (χ3n) is 2.32. The number of nitro benzene ring substituents is 1. The third-order valence-corrected chi connectivity index (χ3v) is 2.32. The molecule has 0 atom stereocenters. The van der Waals surface area contributed by atoms with Crippen LogP contribution in [0.5, 0.6) is 5.75 Å². The van der Waals surface area contributed by atoms with E-state index in [1.165, 1.54) is 12.1 Å². The predicted molar refractivity (Wildman–Crippen MR) is 61.0 cm³/mol. The van der Waals surface area contributed by atoms with E-state index in [4.69, 9.17) is 4.42 Å². The molecule has 2 rings (SSSR count). The van der Waals surface area contributed by atoms with Gasteiger partial charge >= 0.3 is 5.69 Å². The van der Waals surface area contributed by atoms with Gasteiger partial charge in [-0.05, 0) is 0 Å².